The number of nitrogens with zero attached hydrogens (tertiary/aromatic N) is 3. The molecule has 2 heterocycles. The van der Waals surface area contributed by atoms with Crippen molar-refractivity contribution in [2.45, 2.75) is 39.7 Å². The minimum atomic E-state index is -0.402. The lowest BCUT2D eigenvalue weighted by atomic mass is 10.1. The SMILES string of the molecule is CCCCNC(=O)CSC1=Nc2ccccc2C2=N[C@@H](C(C)C)C(=O)N12. The van der Waals surface area contributed by atoms with Crippen molar-refractivity contribution in [3.8, 4) is 0 Å². The fourth-order valence-electron chi connectivity index (χ4n) is 2.89. The fourth-order valence-corrected chi connectivity index (χ4v) is 3.72. The quantitative estimate of drug-likeness (QED) is 0.780. The van der Waals surface area contributed by atoms with Crippen LogP contribution in [0.2, 0.25) is 0 Å². The number of nitrogens with one attached hydrogen (secondary N) is 1. The smallest absolute Gasteiger partial charge is 0.259 e. The summed E-state index contributed by atoms with van der Waals surface area (Å²) in [5, 5.41) is 3.42. The molecule has 0 saturated heterocycles. The second-order valence-electron chi connectivity index (χ2n) is 6.72. The normalized spacial score (nSPS) is 18.4. The molecular formula is C19H24N4O2S. The lowest BCUT2D eigenvalue weighted by molar-refractivity contribution is -0.125. The number of para-hydroxylation sites is 1. The third-order valence-electron chi connectivity index (χ3n) is 4.32. The maximum Gasteiger partial charge on any atom is 0.259 e. The van der Waals surface area contributed by atoms with Crippen molar-refractivity contribution in [3.05, 3.63) is 29.8 Å². The first-order valence-corrected chi connectivity index (χ1v) is 10.0. The van der Waals surface area contributed by atoms with Crippen LogP contribution in [0.3, 0.4) is 0 Å². The average Bonchev–Trinajstić information content (AvgIpc) is 2.98. The van der Waals surface area contributed by atoms with Gasteiger partial charge in [0, 0.05) is 12.1 Å². The van der Waals surface area contributed by atoms with Crippen molar-refractivity contribution in [1.29, 1.82) is 0 Å². The topological polar surface area (TPSA) is 74.1 Å². The molecule has 2 aliphatic heterocycles. The lowest BCUT2D eigenvalue weighted by Crippen LogP contribution is -2.42. The summed E-state index contributed by atoms with van der Waals surface area (Å²) in [6.45, 7) is 6.74. The Bertz CT molecular complexity index is 773. The van der Waals surface area contributed by atoms with Gasteiger partial charge in [0.15, 0.2) is 5.17 Å². The third-order valence-corrected chi connectivity index (χ3v) is 5.25. The van der Waals surface area contributed by atoms with Crippen molar-refractivity contribution in [1.82, 2.24) is 10.2 Å². The highest BCUT2D eigenvalue weighted by Gasteiger charge is 2.42. The van der Waals surface area contributed by atoms with Crippen molar-refractivity contribution in [2.24, 2.45) is 15.9 Å². The molecule has 0 bridgehead atoms. The van der Waals surface area contributed by atoms with Gasteiger partial charge in [-0.15, -0.1) is 0 Å². The summed E-state index contributed by atoms with van der Waals surface area (Å²) in [5.41, 5.74) is 1.65. The van der Waals surface area contributed by atoms with Crippen molar-refractivity contribution in [2.75, 3.05) is 12.3 Å². The zero-order valence-electron chi connectivity index (χ0n) is 15.4. The van der Waals surface area contributed by atoms with Gasteiger partial charge in [-0.1, -0.05) is 51.1 Å². The number of aliphatic imine (C=N–C) groups is 2. The highest BCUT2D eigenvalue weighted by Crippen LogP contribution is 2.34. The molecule has 1 N–H and O–H groups in total. The summed E-state index contributed by atoms with van der Waals surface area (Å²) in [5.74, 6) is 0.871. The number of fused-ring (bicyclic) bond motifs is 3. The molecule has 26 heavy (non-hydrogen) atoms. The maximum absolute atomic E-state index is 12.9. The van der Waals surface area contributed by atoms with E-state index in [9.17, 15) is 9.59 Å². The number of thioether (sulfide) groups is 1. The minimum absolute atomic E-state index is 0.0458. The van der Waals surface area contributed by atoms with Crippen LogP contribution in [0.1, 0.15) is 39.2 Å². The van der Waals surface area contributed by atoms with Crippen LogP contribution in [0.4, 0.5) is 5.69 Å². The first-order valence-electron chi connectivity index (χ1n) is 9.02. The first kappa shape index (κ1) is 18.6. The number of carbonyl (C=O) groups is 2. The highest BCUT2D eigenvalue weighted by molar-refractivity contribution is 8.14. The molecule has 0 radical (unpaired) electrons. The Hall–Kier alpha value is -2.15. The molecule has 1 aromatic rings. The molecule has 1 aromatic carbocycles. The van der Waals surface area contributed by atoms with E-state index in [0.29, 0.717) is 17.5 Å². The number of benzene rings is 1. The van der Waals surface area contributed by atoms with E-state index in [1.807, 2.05) is 38.1 Å². The number of hydrogen-bond donors (Lipinski definition) is 1. The Kier molecular flexibility index (Phi) is 5.76. The molecular weight excluding hydrogens is 348 g/mol. The third kappa shape index (κ3) is 3.67. The number of rotatable bonds is 6. The molecule has 138 valence electrons. The number of amidine groups is 2. The molecule has 2 aliphatic rings. The molecule has 7 heteroatoms. The first-order chi connectivity index (χ1) is 12.5. The van der Waals surface area contributed by atoms with Crippen molar-refractivity contribution in [3.63, 3.8) is 0 Å². The van der Waals surface area contributed by atoms with E-state index < -0.39 is 6.04 Å². The maximum atomic E-state index is 12.9. The van der Waals surface area contributed by atoms with Gasteiger partial charge in [-0.05, 0) is 24.5 Å². The van der Waals surface area contributed by atoms with E-state index in [-0.39, 0.29) is 23.5 Å². The second-order valence-corrected chi connectivity index (χ2v) is 7.66. The van der Waals surface area contributed by atoms with Crippen LogP contribution in [-0.4, -0.2) is 46.1 Å². The number of hydrogen-bond acceptors (Lipinski definition) is 5. The average molecular weight is 372 g/mol. The van der Waals surface area contributed by atoms with E-state index in [2.05, 4.69) is 22.2 Å². The molecule has 0 aromatic heterocycles. The molecule has 0 aliphatic carbocycles. The molecule has 0 saturated carbocycles. The van der Waals surface area contributed by atoms with E-state index in [1.54, 1.807) is 4.90 Å². The van der Waals surface area contributed by atoms with Crippen molar-refractivity contribution >= 4 is 40.3 Å². The van der Waals surface area contributed by atoms with Gasteiger partial charge >= 0.3 is 0 Å². The molecule has 3 rings (SSSR count). The zero-order valence-corrected chi connectivity index (χ0v) is 16.2. The van der Waals surface area contributed by atoms with Crippen LogP contribution >= 0.6 is 11.8 Å². The minimum Gasteiger partial charge on any atom is -0.355 e. The summed E-state index contributed by atoms with van der Waals surface area (Å²) in [6.07, 6.45) is 2.00. The predicted octanol–water partition coefficient (Wildman–Crippen LogP) is 2.95. The van der Waals surface area contributed by atoms with Crippen LogP contribution in [-0.2, 0) is 9.59 Å². The zero-order chi connectivity index (χ0) is 18.7. The summed E-state index contributed by atoms with van der Waals surface area (Å²) >= 11 is 1.28. The van der Waals surface area contributed by atoms with Gasteiger partial charge in [-0.25, -0.2) is 9.89 Å². The Labute approximate surface area is 158 Å². The standard InChI is InChI=1S/C19H24N4O2S/c1-4-5-10-20-15(24)11-26-19-21-14-9-7-6-8-13(14)17-22-16(12(2)3)18(25)23(17)19/h6-9,12,16H,4-5,10-11H2,1-3H3,(H,20,24)/t16-/m0/s1. The van der Waals surface area contributed by atoms with Crippen molar-refractivity contribution < 1.29 is 9.59 Å². The van der Waals surface area contributed by atoms with E-state index in [4.69, 9.17) is 0 Å². The summed E-state index contributed by atoms with van der Waals surface area (Å²) in [7, 11) is 0. The number of unbranched alkanes of at least 4 members (excludes halogenated alkanes) is 1. The van der Waals surface area contributed by atoms with Gasteiger partial charge in [0.1, 0.15) is 11.9 Å². The molecule has 0 spiro atoms. The largest absolute Gasteiger partial charge is 0.355 e. The van der Waals surface area contributed by atoms with Crippen LogP contribution in [0.15, 0.2) is 34.3 Å². The van der Waals surface area contributed by atoms with Crippen LogP contribution in [0.25, 0.3) is 0 Å². The fraction of sp³-hybridized carbons (Fsp3) is 0.474. The monoisotopic (exact) mass is 372 g/mol. The van der Waals surface area contributed by atoms with Gasteiger partial charge in [0.05, 0.1) is 11.4 Å². The van der Waals surface area contributed by atoms with Gasteiger partial charge in [0.25, 0.3) is 5.91 Å². The predicted molar refractivity (Wildman–Crippen MR) is 106 cm³/mol. The van der Waals surface area contributed by atoms with E-state index >= 15 is 0 Å². The Morgan fingerprint density at radius 1 is 1.35 bits per heavy atom. The van der Waals surface area contributed by atoms with Gasteiger partial charge < -0.3 is 5.32 Å². The number of carbonyl (C=O) groups excluding carboxylic acids is 2. The Morgan fingerprint density at radius 2 is 2.12 bits per heavy atom. The van der Waals surface area contributed by atoms with Crippen LogP contribution < -0.4 is 5.32 Å². The van der Waals surface area contributed by atoms with Gasteiger partial charge in [-0.2, -0.15) is 0 Å². The molecule has 2 amide bonds. The van der Waals surface area contributed by atoms with E-state index in [0.717, 1.165) is 24.1 Å². The number of amides is 2. The second kappa shape index (κ2) is 8.03. The van der Waals surface area contributed by atoms with Crippen LogP contribution in [0.5, 0.6) is 0 Å². The van der Waals surface area contributed by atoms with E-state index in [1.165, 1.54) is 11.8 Å². The Balaban J connectivity index is 1.82. The molecule has 6 nitrogen and oxygen atoms in total. The lowest BCUT2D eigenvalue weighted by Gasteiger charge is -2.25. The molecule has 1 atom stereocenters. The summed E-state index contributed by atoms with van der Waals surface area (Å²) in [6, 6.07) is 7.26. The van der Waals surface area contributed by atoms with Gasteiger partial charge in [-0.3, -0.25) is 14.6 Å². The van der Waals surface area contributed by atoms with Crippen LogP contribution in [0, 0.1) is 5.92 Å². The van der Waals surface area contributed by atoms with Gasteiger partial charge in [0.2, 0.25) is 5.91 Å². The highest BCUT2D eigenvalue weighted by atomic mass is 32.2. The molecule has 0 fully saturated rings. The Morgan fingerprint density at radius 3 is 2.85 bits per heavy atom. The molecule has 0 unspecified atom stereocenters. The summed E-state index contributed by atoms with van der Waals surface area (Å²) < 4.78 is 0. The summed E-state index contributed by atoms with van der Waals surface area (Å²) in [4.78, 5) is 35.8.